The van der Waals surface area contributed by atoms with E-state index in [-0.39, 0.29) is 5.41 Å². The van der Waals surface area contributed by atoms with Crippen molar-refractivity contribution in [1.82, 2.24) is 4.31 Å². The highest BCUT2D eigenvalue weighted by Gasteiger charge is 2.28. The second-order valence-electron chi connectivity index (χ2n) is 5.38. The van der Waals surface area contributed by atoms with Gasteiger partial charge in [0.2, 0.25) is 10.0 Å². The number of nitrogens with two attached hydrogens (primary N) is 1. The number of rotatable bonds is 4. The molecule has 1 aromatic heterocycles. The third-order valence-corrected chi connectivity index (χ3v) is 6.37. The summed E-state index contributed by atoms with van der Waals surface area (Å²) in [4.78, 5) is 1.16. The predicted molar refractivity (Wildman–Crippen MR) is 79.2 cm³/mol. The van der Waals surface area contributed by atoms with E-state index < -0.39 is 10.0 Å². The highest BCUT2D eigenvalue weighted by molar-refractivity contribution is 9.11. The lowest BCUT2D eigenvalue weighted by Gasteiger charge is -2.25. The van der Waals surface area contributed by atoms with Gasteiger partial charge in [-0.25, -0.2) is 12.7 Å². The molecule has 0 fully saturated rings. The molecular weight excluding hydrogens is 336 g/mol. The first kappa shape index (κ1) is 16.1. The van der Waals surface area contributed by atoms with E-state index in [0.29, 0.717) is 21.8 Å². The lowest BCUT2D eigenvalue weighted by molar-refractivity contribution is 0.311. The average Bonchev–Trinajstić information content (AvgIpc) is 2.57. The van der Waals surface area contributed by atoms with Crippen molar-refractivity contribution in [3.05, 3.63) is 14.7 Å². The van der Waals surface area contributed by atoms with Gasteiger partial charge in [0.25, 0.3) is 0 Å². The van der Waals surface area contributed by atoms with Crippen molar-refractivity contribution in [2.24, 2.45) is 11.1 Å². The van der Waals surface area contributed by atoms with Crippen LogP contribution in [-0.2, 0) is 16.6 Å². The Morgan fingerprint density at radius 2 is 2.00 bits per heavy atom. The maximum absolute atomic E-state index is 12.4. The summed E-state index contributed by atoms with van der Waals surface area (Å²) in [7, 11) is -1.85. The van der Waals surface area contributed by atoms with Gasteiger partial charge in [0.1, 0.15) is 4.90 Å². The third-order valence-electron chi connectivity index (χ3n) is 2.29. The smallest absolute Gasteiger partial charge is 0.244 e. The number of sulfonamides is 1. The van der Waals surface area contributed by atoms with Gasteiger partial charge in [-0.05, 0) is 27.4 Å². The zero-order chi connectivity index (χ0) is 14.1. The molecule has 0 atom stereocenters. The summed E-state index contributed by atoms with van der Waals surface area (Å²) >= 11 is 4.66. The van der Waals surface area contributed by atoms with Crippen molar-refractivity contribution in [2.75, 3.05) is 13.6 Å². The maximum atomic E-state index is 12.4. The summed E-state index contributed by atoms with van der Waals surface area (Å²) in [5.41, 5.74) is 5.45. The molecule has 1 rings (SSSR count). The second kappa shape index (κ2) is 5.58. The average molecular weight is 355 g/mol. The second-order valence-corrected chi connectivity index (χ2v) is 9.84. The molecule has 0 radical (unpaired) electrons. The van der Waals surface area contributed by atoms with Crippen LogP contribution in [0, 0.1) is 5.41 Å². The van der Waals surface area contributed by atoms with Crippen LogP contribution in [0.5, 0.6) is 0 Å². The van der Waals surface area contributed by atoms with Crippen molar-refractivity contribution >= 4 is 37.3 Å². The number of hydrogen-bond donors (Lipinski definition) is 1. The summed E-state index contributed by atoms with van der Waals surface area (Å²) in [6.07, 6.45) is 0. The Labute approximate surface area is 121 Å². The molecule has 1 aromatic rings. The third kappa shape index (κ3) is 3.77. The van der Waals surface area contributed by atoms with Crippen LogP contribution in [-0.4, -0.2) is 26.3 Å². The predicted octanol–water partition coefficient (Wildman–Crippen LogP) is 2.64. The molecule has 0 spiro atoms. The molecule has 0 aliphatic rings. The molecule has 104 valence electrons. The zero-order valence-corrected chi connectivity index (χ0v) is 14.2. The minimum Gasteiger partial charge on any atom is -0.326 e. The van der Waals surface area contributed by atoms with Crippen LogP contribution in [0.2, 0.25) is 0 Å². The van der Waals surface area contributed by atoms with Crippen LogP contribution < -0.4 is 5.73 Å². The van der Waals surface area contributed by atoms with Gasteiger partial charge in [-0.3, -0.25) is 0 Å². The monoisotopic (exact) mass is 354 g/mol. The largest absolute Gasteiger partial charge is 0.326 e. The van der Waals surface area contributed by atoms with Crippen LogP contribution in [0.15, 0.2) is 14.7 Å². The Kier molecular flexibility index (Phi) is 4.99. The van der Waals surface area contributed by atoms with Crippen molar-refractivity contribution in [2.45, 2.75) is 32.2 Å². The van der Waals surface area contributed by atoms with E-state index in [1.165, 1.54) is 15.6 Å². The Balaban J connectivity index is 3.09. The molecule has 0 amide bonds. The van der Waals surface area contributed by atoms with Crippen LogP contribution in [0.1, 0.15) is 25.6 Å². The standard InChI is InChI=1S/C11H19BrN2O2S2/c1-11(2,3)7-14(4)18(15,16)9-5-8(6-13)17-10(9)12/h5H,6-7,13H2,1-4H3. The first-order valence-electron chi connectivity index (χ1n) is 5.52. The summed E-state index contributed by atoms with van der Waals surface area (Å²) in [6, 6.07) is 1.64. The van der Waals surface area contributed by atoms with Gasteiger partial charge < -0.3 is 5.73 Å². The van der Waals surface area contributed by atoms with E-state index in [1.54, 1.807) is 13.1 Å². The summed E-state index contributed by atoms with van der Waals surface area (Å²) in [5, 5.41) is 0. The molecule has 0 aromatic carbocycles. The van der Waals surface area contributed by atoms with Crippen molar-refractivity contribution in [1.29, 1.82) is 0 Å². The van der Waals surface area contributed by atoms with Gasteiger partial charge in [0, 0.05) is 25.0 Å². The SMILES string of the molecule is CN(CC(C)(C)C)S(=O)(=O)c1cc(CN)sc1Br. The zero-order valence-electron chi connectivity index (χ0n) is 11.0. The number of nitrogens with zero attached hydrogens (tertiary/aromatic N) is 1. The molecule has 0 unspecified atom stereocenters. The summed E-state index contributed by atoms with van der Waals surface area (Å²) in [6.45, 7) is 6.84. The van der Waals surface area contributed by atoms with Crippen LogP contribution in [0.3, 0.4) is 0 Å². The minimum atomic E-state index is -3.45. The molecule has 18 heavy (non-hydrogen) atoms. The molecule has 0 aliphatic carbocycles. The van der Waals surface area contributed by atoms with Gasteiger partial charge in [-0.2, -0.15) is 0 Å². The molecule has 0 saturated heterocycles. The molecule has 0 saturated carbocycles. The fourth-order valence-electron chi connectivity index (χ4n) is 1.60. The molecule has 7 heteroatoms. The lowest BCUT2D eigenvalue weighted by atomic mass is 9.97. The first-order chi connectivity index (χ1) is 8.08. The summed E-state index contributed by atoms with van der Waals surface area (Å²) < 4.78 is 26.8. The number of hydrogen-bond acceptors (Lipinski definition) is 4. The fourth-order valence-corrected chi connectivity index (χ4v) is 5.50. The molecular formula is C11H19BrN2O2S2. The lowest BCUT2D eigenvalue weighted by Crippen LogP contribution is -2.34. The summed E-state index contributed by atoms with van der Waals surface area (Å²) in [5.74, 6) is 0. The van der Waals surface area contributed by atoms with Gasteiger partial charge >= 0.3 is 0 Å². The number of halogens is 1. The molecule has 0 aliphatic heterocycles. The van der Waals surface area contributed by atoms with E-state index in [2.05, 4.69) is 15.9 Å². The highest BCUT2D eigenvalue weighted by Crippen LogP contribution is 2.33. The molecule has 0 bridgehead atoms. The van der Waals surface area contributed by atoms with Crippen LogP contribution in [0.4, 0.5) is 0 Å². The molecule has 2 N–H and O–H groups in total. The van der Waals surface area contributed by atoms with Crippen molar-refractivity contribution in [3.63, 3.8) is 0 Å². The van der Waals surface area contributed by atoms with E-state index in [0.717, 1.165) is 4.88 Å². The topological polar surface area (TPSA) is 63.4 Å². The van der Waals surface area contributed by atoms with Gasteiger partial charge in [-0.15, -0.1) is 11.3 Å². The van der Waals surface area contributed by atoms with Crippen molar-refractivity contribution in [3.8, 4) is 0 Å². The molecule has 4 nitrogen and oxygen atoms in total. The molecule has 1 heterocycles. The Morgan fingerprint density at radius 3 is 2.39 bits per heavy atom. The van der Waals surface area contributed by atoms with E-state index in [4.69, 9.17) is 5.73 Å². The van der Waals surface area contributed by atoms with E-state index >= 15 is 0 Å². The Hall–Kier alpha value is 0.0500. The van der Waals surface area contributed by atoms with Crippen molar-refractivity contribution < 1.29 is 8.42 Å². The highest BCUT2D eigenvalue weighted by atomic mass is 79.9. The Morgan fingerprint density at radius 1 is 1.44 bits per heavy atom. The van der Waals surface area contributed by atoms with E-state index in [9.17, 15) is 8.42 Å². The van der Waals surface area contributed by atoms with E-state index in [1.807, 2.05) is 20.8 Å². The van der Waals surface area contributed by atoms with Crippen LogP contribution >= 0.6 is 27.3 Å². The first-order valence-corrected chi connectivity index (χ1v) is 8.57. The maximum Gasteiger partial charge on any atom is 0.244 e. The Bertz CT molecular complexity index is 518. The van der Waals surface area contributed by atoms with Gasteiger partial charge in [0.15, 0.2) is 0 Å². The normalized spacial score (nSPS) is 13.3. The van der Waals surface area contributed by atoms with Crippen LogP contribution in [0.25, 0.3) is 0 Å². The quantitative estimate of drug-likeness (QED) is 0.903. The fraction of sp³-hybridized carbons (Fsp3) is 0.636. The number of thiophene rings is 1. The minimum absolute atomic E-state index is 0.0823. The van der Waals surface area contributed by atoms with Gasteiger partial charge in [-0.1, -0.05) is 20.8 Å². The van der Waals surface area contributed by atoms with Gasteiger partial charge in [0.05, 0.1) is 3.79 Å².